The van der Waals surface area contributed by atoms with Crippen molar-refractivity contribution in [2.24, 2.45) is 0 Å². The normalized spacial score (nSPS) is 14.7. The quantitative estimate of drug-likeness (QED) is 0.187. The SMILES string of the molecule is CC1(C)c2ccccc2-c2ccc(-c3nc(-c4ccccc4)nc(-n4c5ccccc5c5cc6cccc7c6c(c54)-c4ccccc4C7(C)C)n3)cc21. The van der Waals surface area contributed by atoms with Gasteiger partial charge < -0.3 is 0 Å². The molecule has 11 rings (SSSR count). The molecular formula is C49H36N4. The van der Waals surface area contributed by atoms with Crippen molar-refractivity contribution in [3.63, 3.8) is 0 Å². The van der Waals surface area contributed by atoms with Gasteiger partial charge in [-0.25, -0.2) is 4.98 Å². The zero-order valence-corrected chi connectivity index (χ0v) is 30.1. The molecule has 4 heteroatoms. The molecule has 2 heterocycles. The first kappa shape index (κ1) is 30.3. The minimum Gasteiger partial charge on any atom is -0.277 e. The molecule has 2 aliphatic carbocycles. The fourth-order valence-electron chi connectivity index (χ4n) is 9.44. The minimum absolute atomic E-state index is 0.143. The van der Waals surface area contributed by atoms with Gasteiger partial charge in [-0.05, 0) is 67.9 Å². The highest BCUT2D eigenvalue weighted by atomic mass is 15.2. The van der Waals surface area contributed by atoms with Crippen LogP contribution in [-0.2, 0) is 10.8 Å². The van der Waals surface area contributed by atoms with Gasteiger partial charge in [0.25, 0.3) is 0 Å². The third-order valence-electron chi connectivity index (χ3n) is 12.0. The molecule has 0 spiro atoms. The zero-order chi connectivity index (χ0) is 35.6. The van der Waals surface area contributed by atoms with E-state index >= 15 is 0 Å². The number of fused-ring (bicyclic) bond motifs is 9. The molecule has 2 aromatic heterocycles. The van der Waals surface area contributed by atoms with Crippen LogP contribution in [0.5, 0.6) is 0 Å². The number of aromatic nitrogens is 4. The molecule has 0 amide bonds. The van der Waals surface area contributed by atoms with Crippen LogP contribution in [0.25, 0.3) is 83.6 Å². The maximum atomic E-state index is 5.42. The number of nitrogens with zero attached hydrogens (tertiary/aromatic N) is 4. The summed E-state index contributed by atoms with van der Waals surface area (Å²) in [5, 5.41) is 4.91. The second kappa shape index (κ2) is 10.6. The fraction of sp³-hybridized carbons (Fsp3) is 0.122. The summed E-state index contributed by atoms with van der Waals surface area (Å²) in [5.74, 6) is 1.92. The number of hydrogen-bond acceptors (Lipinski definition) is 3. The van der Waals surface area contributed by atoms with E-state index < -0.39 is 0 Å². The van der Waals surface area contributed by atoms with Crippen LogP contribution >= 0.6 is 0 Å². The van der Waals surface area contributed by atoms with Crippen molar-refractivity contribution < 1.29 is 0 Å². The van der Waals surface area contributed by atoms with Crippen molar-refractivity contribution >= 4 is 32.6 Å². The predicted octanol–water partition coefficient (Wildman–Crippen LogP) is 12.1. The lowest BCUT2D eigenvalue weighted by atomic mass is 9.68. The third-order valence-corrected chi connectivity index (χ3v) is 12.0. The van der Waals surface area contributed by atoms with E-state index in [1.165, 1.54) is 66.1 Å². The number of rotatable bonds is 3. The van der Waals surface area contributed by atoms with Crippen LogP contribution in [0.1, 0.15) is 49.9 Å². The maximum Gasteiger partial charge on any atom is 0.238 e. The Morgan fingerprint density at radius 3 is 1.89 bits per heavy atom. The maximum absolute atomic E-state index is 5.42. The lowest BCUT2D eigenvalue weighted by molar-refractivity contribution is 0.645. The van der Waals surface area contributed by atoms with Crippen LogP contribution in [0.2, 0.25) is 0 Å². The van der Waals surface area contributed by atoms with E-state index in [4.69, 9.17) is 15.0 Å². The zero-order valence-electron chi connectivity index (χ0n) is 30.1. The van der Waals surface area contributed by atoms with Crippen molar-refractivity contribution in [3.8, 4) is 51.0 Å². The number of para-hydroxylation sites is 1. The molecule has 0 saturated carbocycles. The van der Waals surface area contributed by atoms with Crippen LogP contribution in [0.15, 0.2) is 146 Å². The molecule has 9 aromatic rings. The van der Waals surface area contributed by atoms with E-state index in [9.17, 15) is 0 Å². The van der Waals surface area contributed by atoms with Crippen molar-refractivity contribution in [2.45, 2.75) is 38.5 Å². The molecule has 0 saturated heterocycles. The molecule has 252 valence electrons. The Morgan fingerprint density at radius 2 is 1.08 bits per heavy atom. The lowest BCUT2D eigenvalue weighted by Crippen LogP contribution is -2.23. The summed E-state index contributed by atoms with van der Waals surface area (Å²) in [5.41, 5.74) is 14.2. The highest BCUT2D eigenvalue weighted by Crippen LogP contribution is 2.53. The Balaban J connectivity index is 1.25. The average Bonchev–Trinajstić information content (AvgIpc) is 3.64. The van der Waals surface area contributed by atoms with Crippen molar-refractivity contribution in [3.05, 3.63) is 168 Å². The summed E-state index contributed by atoms with van der Waals surface area (Å²) < 4.78 is 2.30. The second-order valence-corrected chi connectivity index (χ2v) is 15.7. The third kappa shape index (κ3) is 4.09. The van der Waals surface area contributed by atoms with Crippen LogP contribution < -0.4 is 0 Å². The smallest absolute Gasteiger partial charge is 0.238 e. The fourth-order valence-corrected chi connectivity index (χ4v) is 9.44. The van der Waals surface area contributed by atoms with E-state index in [0.29, 0.717) is 17.6 Å². The first-order valence-corrected chi connectivity index (χ1v) is 18.5. The molecule has 53 heavy (non-hydrogen) atoms. The summed E-state index contributed by atoms with van der Waals surface area (Å²) in [6, 6.07) is 52.6. The largest absolute Gasteiger partial charge is 0.277 e. The van der Waals surface area contributed by atoms with E-state index in [-0.39, 0.29) is 10.8 Å². The molecule has 0 unspecified atom stereocenters. The molecule has 4 nitrogen and oxygen atoms in total. The topological polar surface area (TPSA) is 43.6 Å². The highest BCUT2D eigenvalue weighted by molar-refractivity contribution is 6.22. The molecule has 2 aliphatic rings. The Labute approximate surface area is 308 Å². The molecular weight excluding hydrogens is 645 g/mol. The van der Waals surface area contributed by atoms with Crippen molar-refractivity contribution in [1.29, 1.82) is 0 Å². The minimum atomic E-state index is -0.157. The van der Waals surface area contributed by atoms with Crippen LogP contribution in [0.4, 0.5) is 0 Å². The average molecular weight is 681 g/mol. The molecule has 0 bridgehead atoms. The van der Waals surface area contributed by atoms with Crippen molar-refractivity contribution in [2.75, 3.05) is 0 Å². The van der Waals surface area contributed by atoms with Crippen LogP contribution in [-0.4, -0.2) is 19.5 Å². The Hall–Kier alpha value is -6.39. The van der Waals surface area contributed by atoms with Crippen molar-refractivity contribution in [1.82, 2.24) is 19.5 Å². The highest BCUT2D eigenvalue weighted by Gasteiger charge is 2.37. The summed E-state index contributed by atoms with van der Waals surface area (Å²) in [6.07, 6.45) is 0. The Morgan fingerprint density at radius 1 is 0.453 bits per heavy atom. The Kier molecular flexibility index (Phi) is 6.04. The molecule has 0 fully saturated rings. The first-order chi connectivity index (χ1) is 25.8. The van der Waals surface area contributed by atoms with Gasteiger partial charge in [-0.1, -0.05) is 155 Å². The predicted molar refractivity (Wildman–Crippen MR) is 218 cm³/mol. The van der Waals surface area contributed by atoms with Gasteiger partial charge in [0, 0.05) is 38.3 Å². The van der Waals surface area contributed by atoms with Gasteiger partial charge in [0.1, 0.15) is 0 Å². The number of benzene rings is 7. The molecule has 7 aromatic carbocycles. The monoisotopic (exact) mass is 680 g/mol. The van der Waals surface area contributed by atoms with Crippen LogP contribution in [0, 0.1) is 0 Å². The molecule has 0 aliphatic heterocycles. The summed E-state index contributed by atoms with van der Waals surface area (Å²) >= 11 is 0. The van der Waals surface area contributed by atoms with Gasteiger partial charge >= 0.3 is 0 Å². The Bertz CT molecular complexity index is 3000. The molecule has 0 atom stereocenters. The second-order valence-electron chi connectivity index (χ2n) is 15.7. The summed E-state index contributed by atoms with van der Waals surface area (Å²) in [6.45, 7) is 9.34. The first-order valence-electron chi connectivity index (χ1n) is 18.5. The van der Waals surface area contributed by atoms with Gasteiger partial charge in [0.05, 0.1) is 11.0 Å². The van der Waals surface area contributed by atoms with E-state index in [1.807, 2.05) is 18.2 Å². The lowest BCUT2D eigenvalue weighted by Gasteiger charge is -2.35. The van der Waals surface area contributed by atoms with Gasteiger partial charge in [0.2, 0.25) is 5.95 Å². The standard InChI is InChI=1S/C49H36N4/c1-48(2)38-22-12-9-20-35(38)43-42-30(17-14-23-39(42)48)27-36-34-19-10-13-24-41(34)53(44(36)43)47-51-45(29-15-6-5-7-16-29)50-46(52-47)31-25-26-33-32-18-8-11-21-37(32)49(3,4)40(33)28-31/h5-28H,1-4H3. The molecule has 0 N–H and O–H groups in total. The van der Waals surface area contributed by atoms with Gasteiger partial charge in [0.15, 0.2) is 11.6 Å². The summed E-state index contributed by atoms with van der Waals surface area (Å²) in [4.78, 5) is 15.9. The van der Waals surface area contributed by atoms with Gasteiger partial charge in [-0.2, -0.15) is 9.97 Å². The molecule has 0 radical (unpaired) electrons. The van der Waals surface area contributed by atoms with Gasteiger partial charge in [-0.15, -0.1) is 0 Å². The number of hydrogen-bond donors (Lipinski definition) is 0. The summed E-state index contributed by atoms with van der Waals surface area (Å²) in [7, 11) is 0. The van der Waals surface area contributed by atoms with E-state index in [0.717, 1.165) is 22.2 Å². The van der Waals surface area contributed by atoms with E-state index in [1.54, 1.807) is 0 Å². The van der Waals surface area contributed by atoms with Crippen LogP contribution in [0.3, 0.4) is 0 Å². The van der Waals surface area contributed by atoms with Gasteiger partial charge in [-0.3, -0.25) is 4.57 Å². The van der Waals surface area contributed by atoms with E-state index in [2.05, 4.69) is 160 Å².